The van der Waals surface area contributed by atoms with E-state index in [0.717, 1.165) is 17.5 Å². The van der Waals surface area contributed by atoms with Gasteiger partial charge in [-0.25, -0.2) is 0 Å². The third kappa shape index (κ3) is 1.35. The number of rotatable bonds is 1. The molecule has 2 heteroatoms. The molecule has 1 aliphatic carbocycles. The molecule has 1 saturated carbocycles. The maximum atomic E-state index is 9.59. The summed E-state index contributed by atoms with van der Waals surface area (Å²) in [6.45, 7) is 3.80. The fraction of sp³-hybridized carbons (Fsp3) is 0.417. The second-order valence-corrected chi connectivity index (χ2v) is 4.08. The van der Waals surface area contributed by atoms with Gasteiger partial charge in [-0.05, 0) is 37.0 Å². The lowest BCUT2D eigenvalue weighted by Crippen LogP contribution is -1.87. The van der Waals surface area contributed by atoms with Crippen molar-refractivity contribution in [2.75, 3.05) is 0 Å². The summed E-state index contributed by atoms with van der Waals surface area (Å²) in [4.78, 5) is 0. The minimum atomic E-state index is 0.193. The van der Waals surface area contributed by atoms with Crippen LogP contribution >= 0.6 is 0 Å². The van der Waals surface area contributed by atoms with E-state index in [1.165, 1.54) is 5.56 Å². The van der Waals surface area contributed by atoms with Gasteiger partial charge in [0.15, 0.2) is 0 Å². The van der Waals surface area contributed by atoms with Crippen LogP contribution in [0.3, 0.4) is 0 Å². The minimum absolute atomic E-state index is 0.193. The Bertz CT molecular complexity index is 394. The first kappa shape index (κ1) is 9.08. The summed E-state index contributed by atoms with van der Waals surface area (Å²) in [5.74, 6) is 0.972. The number of phenols is 1. The number of nitrogens with zero attached hydrogens (tertiary/aromatic N) is 1. The molecule has 14 heavy (non-hydrogen) atoms. The van der Waals surface area contributed by atoms with Gasteiger partial charge in [0.1, 0.15) is 5.75 Å². The summed E-state index contributed by atoms with van der Waals surface area (Å²) in [7, 11) is 0. The first-order valence-corrected chi connectivity index (χ1v) is 4.83. The minimum Gasteiger partial charge on any atom is -0.507 e. The molecule has 1 aromatic carbocycles. The number of aryl methyl sites for hydroxylation is 2. The van der Waals surface area contributed by atoms with E-state index < -0.39 is 0 Å². The molecule has 1 aromatic rings. The third-order valence-electron chi connectivity index (χ3n) is 2.90. The average Bonchev–Trinajstić information content (AvgIpc) is 2.92. The highest BCUT2D eigenvalue weighted by atomic mass is 16.3. The summed E-state index contributed by atoms with van der Waals surface area (Å²) in [5.41, 5.74) is 3.01. The molecule has 1 aliphatic rings. The lowest BCUT2D eigenvalue weighted by molar-refractivity contribution is 0.466. The van der Waals surface area contributed by atoms with Gasteiger partial charge in [-0.2, -0.15) is 5.26 Å². The number of hydrogen-bond acceptors (Lipinski definition) is 2. The molecule has 0 saturated heterocycles. The Kier molecular flexibility index (Phi) is 1.96. The van der Waals surface area contributed by atoms with Gasteiger partial charge < -0.3 is 5.11 Å². The quantitative estimate of drug-likeness (QED) is 0.734. The van der Waals surface area contributed by atoms with Crippen molar-refractivity contribution in [3.8, 4) is 11.8 Å². The van der Waals surface area contributed by atoms with E-state index in [-0.39, 0.29) is 5.92 Å². The van der Waals surface area contributed by atoms with Crippen molar-refractivity contribution in [2.24, 2.45) is 5.92 Å². The molecule has 2 nitrogen and oxygen atoms in total. The van der Waals surface area contributed by atoms with Crippen LogP contribution in [0.1, 0.15) is 29.0 Å². The smallest absolute Gasteiger partial charge is 0.121 e. The molecule has 1 fully saturated rings. The van der Waals surface area contributed by atoms with Gasteiger partial charge in [0.25, 0.3) is 0 Å². The summed E-state index contributed by atoms with van der Waals surface area (Å²) in [5, 5.41) is 18.3. The second-order valence-electron chi connectivity index (χ2n) is 4.08. The van der Waals surface area contributed by atoms with Crippen molar-refractivity contribution >= 4 is 0 Å². The van der Waals surface area contributed by atoms with E-state index in [2.05, 4.69) is 6.07 Å². The van der Waals surface area contributed by atoms with Crippen LogP contribution in [-0.4, -0.2) is 5.11 Å². The molecular formula is C12H13NO. The van der Waals surface area contributed by atoms with Crippen LogP contribution < -0.4 is 0 Å². The zero-order valence-corrected chi connectivity index (χ0v) is 8.41. The van der Waals surface area contributed by atoms with E-state index in [4.69, 9.17) is 5.26 Å². The number of phenolic OH excluding ortho intramolecular Hbond substituents is 1. The number of hydrogen-bond donors (Lipinski definition) is 1. The highest BCUT2D eigenvalue weighted by molar-refractivity contribution is 5.45. The van der Waals surface area contributed by atoms with Crippen molar-refractivity contribution in [3.63, 3.8) is 0 Å². The van der Waals surface area contributed by atoms with Gasteiger partial charge in [0.05, 0.1) is 12.0 Å². The lowest BCUT2D eigenvalue weighted by atomic mass is 10.0. The maximum Gasteiger partial charge on any atom is 0.121 e. The monoisotopic (exact) mass is 187 g/mol. The zero-order valence-electron chi connectivity index (χ0n) is 8.41. The van der Waals surface area contributed by atoms with Crippen molar-refractivity contribution in [3.05, 3.63) is 28.8 Å². The van der Waals surface area contributed by atoms with Crippen LogP contribution in [0, 0.1) is 31.1 Å². The van der Waals surface area contributed by atoms with Crippen LogP contribution in [0.2, 0.25) is 0 Å². The second kappa shape index (κ2) is 3.02. The Morgan fingerprint density at radius 2 is 1.93 bits per heavy atom. The molecule has 0 amide bonds. The Hall–Kier alpha value is -1.49. The van der Waals surface area contributed by atoms with E-state index >= 15 is 0 Å². The van der Waals surface area contributed by atoms with E-state index in [1.807, 2.05) is 26.0 Å². The molecule has 0 spiro atoms. The van der Waals surface area contributed by atoms with Crippen molar-refractivity contribution in [1.82, 2.24) is 0 Å². The first-order chi connectivity index (χ1) is 6.63. The fourth-order valence-electron chi connectivity index (χ4n) is 1.91. The van der Waals surface area contributed by atoms with Crippen molar-refractivity contribution < 1.29 is 5.11 Å². The number of nitriles is 1. The van der Waals surface area contributed by atoms with Gasteiger partial charge in [0, 0.05) is 5.92 Å². The molecule has 1 N–H and O–H groups in total. The topological polar surface area (TPSA) is 44.0 Å². The molecule has 2 unspecified atom stereocenters. The molecule has 2 rings (SSSR count). The van der Waals surface area contributed by atoms with Crippen LogP contribution in [0.25, 0.3) is 0 Å². The standard InChI is InChI=1S/C12H13NO/c1-7-3-9(4-8(2)12(7)14)11-5-10(11)6-13/h3-4,10-11,14H,5H2,1-2H3. The summed E-state index contributed by atoms with van der Waals surface area (Å²) in [6, 6.07) is 6.26. The van der Waals surface area contributed by atoms with Gasteiger partial charge in [0.2, 0.25) is 0 Å². The normalized spacial score (nSPS) is 24.4. The van der Waals surface area contributed by atoms with Gasteiger partial charge in [-0.3, -0.25) is 0 Å². The zero-order chi connectivity index (χ0) is 10.3. The number of aromatic hydroxyl groups is 1. The van der Waals surface area contributed by atoms with Crippen LogP contribution in [0.4, 0.5) is 0 Å². The average molecular weight is 187 g/mol. The third-order valence-corrected chi connectivity index (χ3v) is 2.90. The predicted octanol–water partition coefficient (Wildman–Crippen LogP) is 2.64. The summed E-state index contributed by atoms with van der Waals surface area (Å²) >= 11 is 0. The molecule has 72 valence electrons. The van der Waals surface area contributed by atoms with Crippen molar-refractivity contribution in [2.45, 2.75) is 26.2 Å². The number of benzene rings is 1. The van der Waals surface area contributed by atoms with E-state index in [9.17, 15) is 5.11 Å². The SMILES string of the molecule is Cc1cc(C2CC2C#N)cc(C)c1O. The summed E-state index contributed by atoms with van der Waals surface area (Å²) < 4.78 is 0. The summed E-state index contributed by atoms with van der Waals surface area (Å²) in [6.07, 6.45) is 0.972. The van der Waals surface area contributed by atoms with E-state index in [1.54, 1.807) is 0 Å². The van der Waals surface area contributed by atoms with Gasteiger partial charge in [-0.15, -0.1) is 0 Å². The highest BCUT2D eigenvalue weighted by Crippen LogP contribution is 2.47. The molecule has 0 aromatic heterocycles. The Balaban J connectivity index is 2.34. The molecule has 0 radical (unpaired) electrons. The predicted molar refractivity (Wildman–Crippen MR) is 54.0 cm³/mol. The molecule has 0 aliphatic heterocycles. The fourth-order valence-corrected chi connectivity index (χ4v) is 1.91. The molecule has 0 heterocycles. The molecule has 0 bridgehead atoms. The van der Waals surface area contributed by atoms with Crippen molar-refractivity contribution in [1.29, 1.82) is 5.26 Å². The maximum absolute atomic E-state index is 9.59. The molecule has 2 atom stereocenters. The lowest BCUT2D eigenvalue weighted by Gasteiger charge is -2.06. The molecular weight excluding hydrogens is 174 g/mol. The highest BCUT2D eigenvalue weighted by Gasteiger charge is 2.38. The Morgan fingerprint density at radius 3 is 2.36 bits per heavy atom. The van der Waals surface area contributed by atoms with Crippen LogP contribution in [0.15, 0.2) is 12.1 Å². The van der Waals surface area contributed by atoms with Gasteiger partial charge in [-0.1, -0.05) is 12.1 Å². The van der Waals surface area contributed by atoms with E-state index in [0.29, 0.717) is 11.7 Å². The largest absolute Gasteiger partial charge is 0.507 e. The Labute approximate surface area is 83.8 Å². The van der Waals surface area contributed by atoms with Crippen LogP contribution in [-0.2, 0) is 0 Å². The Morgan fingerprint density at radius 1 is 1.36 bits per heavy atom. The van der Waals surface area contributed by atoms with Gasteiger partial charge >= 0.3 is 0 Å². The van der Waals surface area contributed by atoms with Crippen LogP contribution in [0.5, 0.6) is 5.75 Å². The first-order valence-electron chi connectivity index (χ1n) is 4.83.